The summed E-state index contributed by atoms with van der Waals surface area (Å²) in [5, 5.41) is 4.61. The van der Waals surface area contributed by atoms with Crippen LogP contribution in [0.4, 0.5) is 0 Å². The van der Waals surface area contributed by atoms with E-state index in [4.69, 9.17) is 4.99 Å². The molecule has 1 saturated heterocycles. The van der Waals surface area contributed by atoms with Gasteiger partial charge < -0.3 is 10.2 Å². The van der Waals surface area contributed by atoms with Crippen LogP contribution < -0.4 is 5.32 Å². The number of aromatic nitrogens is 1. The third-order valence-corrected chi connectivity index (χ3v) is 4.52. The lowest BCUT2D eigenvalue weighted by Gasteiger charge is -2.33. The Hall–Kier alpha value is -0.370. The smallest absolute Gasteiger partial charge is 0.193 e. The minimum atomic E-state index is 0. The second-order valence-electron chi connectivity index (χ2n) is 5.54. The number of likely N-dealkylation sites (tertiary alicyclic amines) is 1. The number of hydrogen-bond acceptors (Lipinski definition) is 3. The average Bonchev–Trinajstić information content (AvgIpc) is 2.83. The molecule has 0 spiro atoms. The Morgan fingerprint density at radius 3 is 3.00 bits per heavy atom. The summed E-state index contributed by atoms with van der Waals surface area (Å²) in [7, 11) is 0. The molecule has 1 aliphatic rings. The van der Waals surface area contributed by atoms with Crippen molar-refractivity contribution < 1.29 is 0 Å². The number of guanidine groups is 1. The van der Waals surface area contributed by atoms with Gasteiger partial charge in [0, 0.05) is 43.7 Å². The van der Waals surface area contributed by atoms with E-state index in [1.165, 1.54) is 22.7 Å². The monoisotopic (exact) mass is 422 g/mol. The first-order valence-corrected chi connectivity index (χ1v) is 8.45. The second-order valence-corrected chi connectivity index (χ2v) is 6.86. The van der Waals surface area contributed by atoms with Crippen molar-refractivity contribution in [2.24, 2.45) is 10.9 Å². The molecule has 1 aromatic heterocycles. The first kappa shape index (κ1) is 18.7. The van der Waals surface area contributed by atoms with E-state index < -0.39 is 0 Å². The molecule has 1 aromatic rings. The second kappa shape index (κ2) is 9.61. The van der Waals surface area contributed by atoms with Crippen molar-refractivity contribution in [1.29, 1.82) is 0 Å². The highest BCUT2D eigenvalue weighted by Gasteiger charge is 2.18. The maximum atomic E-state index is 4.77. The number of thiazole rings is 1. The minimum absolute atomic E-state index is 0. The molecule has 2 rings (SSSR count). The highest BCUT2D eigenvalue weighted by molar-refractivity contribution is 14.0. The van der Waals surface area contributed by atoms with Gasteiger partial charge in [0.25, 0.3) is 0 Å². The third-order valence-electron chi connectivity index (χ3n) is 3.55. The largest absolute Gasteiger partial charge is 0.357 e. The first-order chi connectivity index (χ1) is 9.69. The Kier molecular flexibility index (Phi) is 8.55. The molecule has 4 nitrogen and oxygen atoms in total. The van der Waals surface area contributed by atoms with Gasteiger partial charge in [0.15, 0.2) is 5.96 Å². The van der Waals surface area contributed by atoms with Crippen LogP contribution in [0.3, 0.4) is 0 Å². The van der Waals surface area contributed by atoms with E-state index in [2.05, 4.69) is 36.0 Å². The number of nitrogens with zero attached hydrogens (tertiary/aromatic N) is 3. The highest BCUT2D eigenvalue weighted by atomic mass is 127. The molecule has 0 bridgehead atoms. The molecule has 0 aromatic carbocycles. The van der Waals surface area contributed by atoms with Crippen LogP contribution in [0.15, 0.2) is 11.2 Å². The van der Waals surface area contributed by atoms with E-state index in [1.54, 1.807) is 11.3 Å². The van der Waals surface area contributed by atoms with Gasteiger partial charge in [-0.25, -0.2) is 4.98 Å². The van der Waals surface area contributed by atoms with E-state index in [-0.39, 0.29) is 24.0 Å². The van der Waals surface area contributed by atoms with Crippen molar-refractivity contribution in [1.82, 2.24) is 15.2 Å². The highest BCUT2D eigenvalue weighted by Crippen LogP contribution is 2.16. The SMILES string of the molecule is CCNC(=NCCc1ncc(C)s1)N1CCCC(C)C1.I. The summed E-state index contributed by atoms with van der Waals surface area (Å²) in [6, 6.07) is 0. The average molecular weight is 422 g/mol. The van der Waals surface area contributed by atoms with Crippen LogP contribution in [0.1, 0.15) is 36.6 Å². The fourth-order valence-electron chi connectivity index (χ4n) is 2.58. The summed E-state index contributed by atoms with van der Waals surface area (Å²) in [6.07, 6.45) is 5.50. The summed E-state index contributed by atoms with van der Waals surface area (Å²) in [4.78, 5) is 12.9. The molecular formula is C15H27IN4S. The van der Waals surface area contributed by atoms with E-state index in [1.807, 2.05) is 6.20 Å². The van der Waals surface area contributed by atoms with Crippen LogP contribution in [0.25, 0.3) is 0 Å². The molecule has 0 saturated carbocycles. The van der Waals surface area contributed by atoms with Crippen molar-refractivity contribution >= 4 is 41.3 Å². The molecular weight excluding hydrogens is 395 g/mol. The zero-order valence-electron chi connectivity index (χ0n) is 13.3. The number of aliphatic imine (C=N–C) groups is 1. The number of hydrogen-bond donors (Lipinski definition) is 1. The Morgan fingerprint density at radius 2 is 2.38 bits per heavy atom. The van der Waals surface area contributed by atoms with Gasteiger partial charge >= 0.3 is 0 Å². The molecule has 0 aliphatic carbocycles. The van der Waals surface area contributed by atoms with Crippen molar-refractivity contribution in [2.45, 2.75) is 40.0 Å². The fourth-order valence-corrected chi connectivity index (χ4v) is 3.36. The molecule has 1 N–H and O–H groups in total. The quantitative estimate of drug-likeness (QED) is 0.460. The molecule has 0 amide bonds. The van der Waals surface area contributed by atoms with Crippen molar-refractivity contribution in [3.63, 3.8) is 0 Å². The Morgan fingerprint density at radius 1 is 1.57 bits per heavy atom. The normalized spacial score (nSPS) is 19.3. The summed E-state index contributed by atoms with van der Waals surface area (Å²) in [5.74, 6) is 1.85. The molecule has 1 fully saturated rings. The van der Waals surface area contributed by atoms with Gasteiger partial charge in [-0.3, -0.25) is 4.99 Å². The molecule has 1 unspecified atom stereocenters. The predicted octanol–water partition coefficient (Wildman–Crippen LogP) is 3.31. The molecule has 120 valence electrons. The van der Waals surface area contributed by atoms with Crippen LogP contribution in [0.2, 0.25) is 0 Å². The number of piperidine rings is 1. The molecule has 2 heterocycles. The van der Waals surface area contributed by atoms with Gasteiger partial charge in [0.2, 0.25) is 0 Å². The number of nitrogens with one attached hydrogen (secondary N) is 1. The summed E-state index contributed by atoms with van der Waals surface area (Å²) in [6.45, 7) is 10.6. The summed E-state index contributed by atoms with van der Waals surface area (Å²) >= 11 is 1.77. The maximum absolute atomic E-state index is 4.77. The topological polar surface area (TPSA) is 40.5 Å². The fraction of sp³-hybridized carbons (Fsp3) is 0.733. The standard InChI is InChI=1S/C15H26N4S.HI/c1-4-16-15(19-9-5-6-12(2)11-19)17-8-7-14-18-10-13(3)20-14;/h10,12H,4-9,11H2,1-3H3,(H,16,17);1H. The lowest BCUT2D eigenvalue weighted by atomic mass is 10.0. The zero-order chi connectivity index (χ0) is 14.4. The van der Waals surface area contributed by atoms with Gasteiger partial charge in [-0.1, -0.05) is 6.92 Å². The van der Waals surface area contributed by atoms with Gasteiger partial charge in [-0.2, -0.15) is 0 Å². The predicted molar refractivity (Wildman–Crippen MR) is 102 cm³/mol. The van der Waals surface area contributed by atoms with E-state index in [9.17, 15) is 0 Å². The third kappa shape index (κ3) is 6.10. The Bertz CT molecular complexity index is 447. The molecule has 1 atom stereocenters. The van der Waals surface area contributed by atoms with Gasteiger partial charge in [0.1, 0.15) is 0 Å². The van der Waals surface area contributed by atoms with Gasteiger partial charge in [-0.15, -0.1) is 35.3 Å². The van der Waals surface area contributed by atoms with Crippen molar-refractivity contribution in [3.05, 3.63) is 16.1 Å². The Balaban J connectivity index is 0.00000220. The van der Waals surface area contributed by atoms with Crippen LogP contribution in [0, 0.1) is 12.8 Å². The van der Waals surface area contributed by atoms with Crippen molar-refractivity contribution in [3.8, 4) is 0 Å². The number of rotatable bonds is 4. The lowest BCUT2D eigenvalue weighted by Crippen LogP contribution is -2.46. The van der Waals surface area contributed by atoms with Crippen LogP contribution in [-0.2, 0) is 6.42 Å². The molecule has 6 heteroatoms. The lowest BCUT2D eigenvalue weighted by molar-refractivity contribution is 0.266. The minimum Gasteiger partial charge on any atom is -0.357 e. The zero-order valence-corrected chi connectivity index (χ0v) is 16.4. The van der Waals surface area contributed by atoms with Crippen LogP contribution >= 0.6 is 35.3 Å². The summed E-state index contributed by atoms with van der Waals surface area (Å²) in [5.41, 5.74) is 0. The Labute approximate surface area is 149 Å². The molecule has 0 radical (unpaired) electrons. The van der Waals surface area contributed by atoms with E-state index in [0.717, 1.165) is 44.5 Å². The maximum Gasteiger partial charge on any atom is 0.193 e. The van der Waals surface area contributed by atoms with Crippen molar-refractivity contribution in [2.75, 3.05) is 26.2 Å². The van der Waals surface area contributed by atoms with E-state index >= 15 is 0 Å². The van der Waals surface area contributed by atoms with Gasteiger partial charge in [0.05, 0.1) is 5.01 Å². The van der Waals surface area contributed by atoms with E-state index in [0.29, 0.717) is 0 Å². The van der Waals surface area contributed by atoms with Gasteiger partial charge in [-0.05, 0) is 32.6 Å². The number of halogens is 1. The number of aryl methyl sites for hydroxylation is 1. The summed E-state index contributed by atoms with van der Waals surface area (Å²) < 4.78 is 0. The van der Waals surface area contributed by atoms with Crippen LogP contribution in [-0.4, -0.2) is 42.0 Å². The molecule has 1 aliphatic heterocycles. The van der Waals surface area contributed by atoms with Crippen LogP contribution in [0.5, 0.6) is 0 Å². The first-order valence-electron chi connectivity index (χ1n) is 7.63. The molecule has 21 heavy (non-hydrogen) atoms.